The van der Waals surface area contributed by atoms with E-state index >= 15 is 0 Å². The molecule has 0 aromatic heterocycles. The van der Waals surface area contributed by atoms with Crippen LogP contribution in [-0.2, 0) is 6.54 Å². The topological polar surface area (TPSA) is 53.1 Å². The SMILES string of the molecule is CCN(Cc1ccccc1C)CC(C)C(=N)N. The van der Waals surface area contributed by atoms with E-state index in [1.165, 1.54) is 11.1 Å². The lowest BCUT2D eigenvalue weighted by molar-refractivity contribution is 0.262. The largest absolute Gasteiger partial charge is 0.387 e. The Bertz CT molecular complexity index is 373. The Morgan fingerprint density at radius 3 is 2.59 bits per heavy atom. The second-order valence-electron chi connectivity index (χ2n) is 4.61. The molecule has 1 aromatic carbocycles. The summed E-state index contributed by atoms with van der Waals surface area (Å²) in [6, 6.07) is 8.44. The van der Waals surface area contributed by atoms with E-state index in [0.29, 0.717) is 0 Å². The molecule has 0 fully saturated rings. The molecule has 94 valence electrons. The van der Waals surface area contributed by atoms with Crippen molar-refractivity contribution in [1.29, 1.82) is 5.41 Å². The van der Waals surface area contributed by atoms with Gasteiger partial charge in [-0.05, 0) is 24.6 Å². The van der Waals surface area contributed by atoms with Gasteiger partial charge in [0.25, 0.3) is 0 Å². The van der Waals surface area contributed by atoms with Crippen LogP contribution >= 0.6 is 0 Å². The zero-order chi connectivity index (χ0) is 12.8. The van der Waals surface area contributed by atoms with Crippen LogP contribution in [0.1, 0.15) is 25.0 Å². The number of amidine groups is 1. The summed E-state index contributed by atoms with van der Waals surface area (Å²) < 4.78 is 0. The maximum Gasteiger partial charge on any atom is 0.0947 e. The summed E-state index contributed by atoms with van der Waals surface area (Å²) in [5, 5.41) is 7.44. The van der Waals surface area contributed by atoms with Gasteiger partial charge in [0.05, 0.1) is 5.84 Å². The molecule has 0 saturated carbocycles. The molecule has 0 aliphatic heterocycles. The van der Waals surface area contributed by atoms with E-state index in [4.69, 9.17) is 11.1 Å². The van der Waals surface area contributed by atoms with Crippen molar-refractivity contribution in [3.8, 4) is 0 Å². The molecule has 3 N–H and O–H groups in total. The number of benzene rings is 1. The lowest BCUT2D eigenvalue weighted by Gasteiger charge is -2.24. The highest BCUT2D eigenvalue weighted by Gasteiger charge is 2.12. The predicted molar refractivity (Wildman–Crippen MR) is 73.2 cm³/mol. The molecular weight excluding hydrogens is 210 g/mol. The summed E-state index contributed by atoms with van der Waals surface area (Å²) in [7, 11) is 0. The van der Waals surface area contributed by atoms with E-state index in [9.17, 15) is 0 Å². The number of nitrogens with one attached hydrogen (secondary N) is 1. The molecular formula is C14H23N3. The number of rotatable bonds is 6. The molecule has 0 bridgehead atoms. The van der Waals surface area contributed by atoms with E-state index in [1.807, 2.05) is 6.92 Å². The van der Waals surface area contributed by atoms with Gasteiger partial charge in [0.15, 0.2) is 0 Å². The van der Waals surface area contributed by atoms with Crippen LogP contribution in [-0.4, -0.2) is 23.8 Å². The maximum absolute atomic E-state index is 7.44. The summed E-state index contributed by atoms with van der Waals surface area (Å²) >= 11 is 0. The van der Waals surface area contributed by atoms with Gasteiger partial charge in [0.2, 0.25) is 0 Å². The van der Waals surface area contributed by atoms with Gasteiger partial charge in [-0.1, -0.05) is 38.1 Å². The third-order valence-electron chi connectivity index (χ3n) is 3.17. The minimum Gasteiger partial charge on any atom is -0.387 e. The predicted octanol–water partition coefficient (Wildman–Crippen LogP) is 2.39. The first-order chi connectivity index (χ1) is 8.04. The third-order valence-corrected chi connectivity index (χ3v) is 3.17. The van der Waals surface area contributed by atoms with Crippen LogP contribution in [0.4, 0.5) is 0 Å². The van der Waals surface area contributed by atoms with Crippen LogP contribution in [0, 0.1) is 18.3 Å². The minimum atomic E-state index is 0.124. The summed E-state index contributed by atoms with van der Waals surface area (Å²) in [6.07, 6.45) is 0. The molecule has 1 unspecified atom stereocenters. The standard InChI is InChI=1S/C14H23N3/c1-4-17(9-12(3)14(15)16)10-13-8-6-5-7-11(13)2/h5-8,12H,4,9-10H2,1-3H3,(H3,15,16). The minimum absolute atomic E-state index is 0.124. The molecule has 0 heterocycles. The van der Waals surface area contributed by atoms with Gasteiger partial charge in [-0.2, -0.15) is 0 Å². The number of hydrogen-bond donors (Lipinski definition) is 2. The van der Waals surface area contributed by atoms with Crippen LogP contribution in [0.2, 0.25) is 0 Å². The Hall–Kier alpha value is -1.35. The molecule has 3 heteroatoms. The summed E-state index contributed by atoms with van der Waals surface area (Å²) in [6.45, 7) is 9.04. The van der Waals surface area contributed by atoms with Gasteiger partial charge in [-0.15, -0.1) is 0 Å². The normalized spacial score (nSPS) is 12.7. The summed E-state index contributed by atoms with van der Waals surface area (Å²) in [4.78, 5) is 2.33. The Morgan fingerprint density at radius 2 is 2.06 bits per heavy atom. The van der Waals surface area contributed by atoms with Crippen molar-refractivity contribution < 1.29 is 0 Å². The fraction of sp³-hybridized carbons (Fsp3) is 0.500. The van der Waals surface area contributed by atoms with Crippen LogP contribution in [0.15, 0.2) is 24.3 Å². The second kappa shape index (κ2) is 6.40. The molecule has 0 aliphatic rings. The molecule has 1 rings (SSSR count). The molecule has 0 radical (unpaired) electrons. The van der Waals surface area contributed by atoms with Crippen LogP contribution < -0.4 is 5.73 Å². The molecule has 0 spiro atoms. The van der Waals surface area contributed by atoms with Crippen molar-refractivity contribution in [2.45, 2.75) is 27.3 Å². The van der Waals surface area contributed by atoms with E-state index < -0.39 is 0 Å². The van der Waals surface area contributed by atoms with Crippen LogP contribution in [0.3, 0.4) is 0 Å². The number of aryl methyl sites for hydroxylation is 1. The Labute approximate surface area is 104 Å². The number of nitrogens with zero attached hydrogens (tertiary/aromatic N) is 1. The van der Waals surface area contributed by atoms with Gasteiger partial charge in [-0.3, -0.25) is 10.3 Å². The average molecular weight is 233 g/mol. The highest BCUT2D eigenvalue weighted by Crippen LogP contribution is 2.11. The lowest BCUT2D eigenvalue weighted by atomic mass is 10.1. The van der Waals surface area contributed by atoms with Gasteiger partial charge >= 0.3 is 0 Å². The molecule has 0 saturated heterocycles. The Kier molecular flexibility index (Phi) is 5.16. The number of hydrogen-bond acceptors (Lipinski definition) is 2. The molecule has 1 atom stereocenters. The third kappa shape index (κ3) is 4.19. The first kappa shape index (κ1) is 13.7. The van der Waals surface area contributed by atoms with Gasteiger partial charge < -0.3 is 5.73 Å². The molecule has 0 aliphatic carbocycles. The van der Waals surface area contributed by atoms with Crippen molar-refractivity contribution in [1.82, 2.24) is 4.90 Å². The second-order valence-corrected chi connectivity index (χ2v) is 4.61. The van der Waals surface area contributed by atoms with Crippen LogP contribution in [0.25, 0.3) is 0 Å². The van der Waals surface area contributed by atoms with E-state index in [1.54, 1.807) is 0 Å². The lowest BCUT2D eigenvalue weighted by Crippen LogP contribution is -2.34. The van der Waals surface area contributed by atoms with Crippen LogP contribution in [0.5, 0.6) is 0 Å². The van der Waals surface area contributed by atoms with E-state index in [0.717, 1.165) is 19.6 Å². The molecule has 17 heavy (non-hydrogen) atoms. The molecule has 1 aromatic rings. The fourth-order valence-electron chi connectivity index (χ4n) is 1.82. The highest BCUT2D eigenvalue weighted by atomic mass is 15.1. The quantitative estimate of drug-likeness (QED) is 0.585. The maximum atomic E-state index is 7.44. The van der Waals surface area contributed by atoms with Gasteiger partial charge in [0.1, 0.15) is 0 Å². The summed E-state index contributed by atoms with van der Waals surface area (Å²) in [5.41, 5.74) is 8.19. The van der Waals surface area contributed by atoms with Gasteiger partial charge in [-0.25, -0.2) is 0 Å². The zero-order valence-electron chi connectivity index (χ0n) is 11.0. The van der Waals surface area contributed by atoms with Crippen molar-refractivity contribution in [3.63, 3.8) is 0 Å². The Morgan fingerprint density at radius 1 is 1.41 bits per heavy atom. The number of nitrogens with two attached hydrogens (primary N) is 1. The molecule has 0 amide bonds. The van der Waals surface area contributed by atoms with Crippen molar-refractivity contribution in [2.24, 2.45) is 11.7 Å². The monoisotopic (exact) mass is 233 g/mol. The fourth-order valence-corrected chi connectivity index (χ4v) is 1.82. The van der Waals surface area contributed by atoms with E-state index in [-0.39, 0.29) is 11.8 Å². The smallest absolute Gasteiger partial charge is 0.0947 e. The first-order valence-electron chi connectivity index (χ1n) is 6.15. The highest BCUT2D eigenvalue weighted by molar-refractivity contribution is 5.79. The van der Waals surface area contributed by atoms with Crippen molar-refractivity contribution >= 4 is 5.84 Å². The first-order valence-corrected chi connectivity index (χ1v) is 6.15. The average Bonchev–Trinajstić information content (AvgIpc) is 2.30. The van der Waals surface area contributed by atoms with Crippen molar-refractivity contribution in [2.75, 3.05) is 13.1 Å². The van der Waals surface area contributed by atoms with Gasteiger partial charge in [0, 0.05) is 19.0 Å². The van der Waals surface area contributed by atoms with E-state index in [2.05, 4.69) is 43.0 Å². The summed E-state index contributed by atoms with van der Waals surface area (Å²) in [5.74, 6) is 0.396. The Balaban J connectivity index is 2.64. The molecule has 3 nitrogen and oxygen atoms in total. The van der Waals surface area contributed by atoms with Crippen molar-refractivity contribution in [3.05, 3.63) is 35.4 Å². The zero-order valence-corrected chi connectivity index (χ0v) is 11.0.